The first-order valence-corrected chi connectivity index (χ1v) is 10.3. The van der Waals surface area contributed by atoms with E-state index in [1.807, 2.05) is 13.0 Å². The zero-order valence-electron chi connectivity index (χ0n) is 16.6. The summed E-state index contributed by atoms with van der Waals surface area (Å²) in [5.74, 6) is 2.28. The second-order valence-corrected chi connectivity index (χ2v) is 7.81. The summed E-state index contributed by atoms with van der Waals surface area (Å²) in [6.45, 7) is 8.16. The van der Waals surface area contributed by atoms with Crippen LogP contribution in [0.1, 0.15) is 24.2 Å². The molecule has 3 heterocycles. The van der Waals surface area contributed by atoms with Gasteiger partial charge < -0.3 is 9.80 Å². The fourth-order valence-electron chi connectivity index (χ4n) is 4.21. The predicted octanol–water partition coefficient (Wildman–Crippen LogP) is 2.35. The standard InChI is InChI=1S/C22H29N5O/c1-18-23-10-7-21(24-18)26-13-15-27(16-14-26)22(28)20-8-11-25(12-9-20)17-19-5-3-2-4-6-19/h2-7,10,20H,8-9,11-17H2,1H3. The van der Waals surface area contributed by atoms with Crippen LogP contribution in [0.5, 0.6) is 0 Å². The molecule has 1 aromatic heterocycles. The number of aromatic nitrogens is 2. The van der Waals surface area contributed by atoms with Gasteiger partial charge in [0, 0.05) is 44.8 Å². The molecule has 2 aliphatic heterocycles. The molecule has 0 saturated carbocycles. The van der Waals surface area contributed by atoms with Gasteiger partial charge in [-0.15, -0.1) is 0 Å². The molecule has 1 aromatic carbocycles. The van der Waals surface area contributed by atoms with Crippen LogP contribution in [0.3, 0.4) is 0 Å². The van der Waals surface area contributed by atoms with Crippen LogP contribution in [0.2, 0.25) is 0 Å². The van der Waals surface area contributed by atoms with Gasteiger partial charge in [0.1, 0.15) is 11.6 Å². The molecular weight excluding hydrogens is 350 g/mol. The summed E-state index contributed by atoms with van der Waals surface area (Å²) in [5, 5.41) is 0. The van der Waals surface area contributed by atoms with Crippen molar-refractivity contribution in [3.8, 4) is 0 Å². The topological polar surface area (TPSA) is 52.6 Å². The van der Waals surface area contributed by atoms with E-state index in [4.69, 9.17) is 0 Å². The highest BCUT2D eigenvalue weighted by Gasteiger charge is 2.30. The summed E-state index contributed by atoms with van der Waals surface area (Å²) < 4.78 is 0. The van der Waals surface area contributed by atoms with E-state index in [1.165, 1.54) is 5.56 Å². The molecule has 0 bridgehead atoms. The van der Waals surface area contributed by atoms with Gasteiger partial charge in [-0.25, -0.2) is 9.97 Å². The van der Waals surface area contributed by atoms with E-state index >= 15 is 0 Å². The van der Waals surface area contributed by atoms with Crippen LogP contribution in [0.25, 0.3) is 0 Å². The number of carbonyl (C=O) groups excluding carboxylic acids is 1. The number of aryl methyl sites for hydroxylation is 1. The molecule has 2 aliphatic rings. The van der Waals surface area contributed by atoms with E-state index in [0.717, 1.165) is 70.3 Å². The van der Waals surface area contributed by atoms with Crippen molar-refractivity contribution in [3.63, 3.8) is 0 Å². The lowest BCUT2D eigenvalue weighted by Gasteiger charge is -2.39. The Hall–Kier alpha value is -2.47. The lowest BCUT2D eigenvalue weighted by Crippen LogP contribution is -2.51. The Morgan fingerprint density at radius 3 is 2.39 bits per heavy atom. The molecular formula is C22H29N5O. The molecule has 4 rings (SSSR count). The summed E-state index contributed by atoms with van der Waals surface area (Å²) >= 11 is 0. The van der Waals surface area contributed by atoms with Gasteiger partial charge in [0.2, 0.25) is 5.91 Å². The molecule has 0 atom stereocenters. The Labute approximate surface area is 167 Å². The van der Waals surface area contributed by atoms with Gasteiger partial charge >= 0.3 is 0 Å². The molecule has 2 fully saturated rings. The summed E-state index contributed by atoms with van der Waals surface area (Å²) in [6, 6.07) is 12.5. The van der Waals surface area contributed by atoms with Crippen molar-refractivity contribution >= 4 is 11.7 Å². The number of rotatable bonds is 4. The number of piperazine rings is 1. The van der Waals surface area contributed by atoms with E-state index in [1.54, 1.807) is 6.20 Å². The van der Waals surface area contributed by atoms with Crippen molar-refractivity contribution in [1.82, 2.24) is 19.8 Å². The fourth-order valence-corrected chi connectivity index (χ4v) is 4.21. The van der Waals surface area contributed by atoms with Gasteiger partial charge in [0.25, 0.3) is 0 Å². The largest absolute Gasteiger partial charge is 0.353 e. The molecule has 6 heteroatoms. The van der Waals surface area contributed by atoms with Crippen LogP contribution in [0, 0.1) is 12.8 Å². The first-order valence-electron chi connectivity index (χ1n) is 10.3. The normalized spacial score (nSPS) is 19.0. The smallest absolute Gasteiger partial charge is 0.225 e. The van der Waals surface area contributed by atoms with Crippen molar-refractivity contribution in [2.75, 3.05) is 44.2 Å². The number of carbonyl (C=O) groups is 1. The van der Waals surface area contributed by atoms with E-state index < -0.39 is 0 Å². The van der Waals surface area contributed by atoms with E-state index in [9.17, 15) is 4.79 Å². The van der Waals surface area contributed by atoms with Crippen molar-refractivity contribution in [2.24, 2.45) is 5.92 Å². The predicted molar refractivity (Wildman–Crippen MR) is 110 cm³/mol. The van der Waals surface area contributed by atoms with Crippen LogP contribution in [-0.2, 0) is 11.3 Å². The Kier molecular flexibility index (Phi) is 5.86. The van der Waals surface area contributed by atoms with Crippen LogP contribution < -0.4 is 4.90 Å². The van der Waals surface area contributed by atoms with E-state index in [-0.39, 0.29) is 5.92 Å². The molecule has 28 heavy (non-hydrogen) atoms. The molecule has 0 radical (unpaired) electrons. The van der Waals surface area contributed by atoms with Gasteiger partial charge in [-0.3, -0.25) is 9.69 Å². The van der Waals surface area contributed by atoms with Crippen molar-refractivity contribution < 1.29 is 4.79 Å². The maximum Gasteiger partial charge on any atom is 0.225 e. The van der Waals surface area contributed by atoms with Crippen LogP contribution in [0.4, 0.5) is 5.82 Å². The molecule has 0 aliphatic carbocycles. The molecule has 1 amide bonds. The van der Waals surface area contributed by atoms with Gasteiger partial charge in [0.05, 0.1) is 0 Å². The van der Waals surface area contributed by atoms with Crippen molar-refractivity contribution in [3.05, 3.63) is 54.0 Å². The number of hydrogen-bond donors (Lipinski definition) is 0. The average Bonchev–Trinajstić information content (AvgIpc) is 2.75. The van der Waals surface area contributed by atoms with Gasteiger partial charge in [-0.1, -0.05) is 30.3 Å². The number of anilines is 1. The highest BCUT2D eigenvalue weighted by atomic mass is 16.2. The summed E-state index contributed by atoms with van der Waals surface area (Å²) in [4.78, 5) is 28.4. The highest BCUT2D eigenvalue weighted by molar-refractivity contribution is 5.79. The summed E-state index contributed by atoms with van der Waals surface area (Å²) in [5.41, 5.74) is 1.35. The highest BCUT2D eigenvalue weighted by Crippen LogP contribution is 2.22. The monoisotopic (exact) mass is 379 g/mol. The number of hydrogen-bond acceptors (Lipinski definition) is 5. The maximum absolute atomic E-state index is 13.0. The quantitative estimate of drug-likeness (QED) is 0.816. The minimum Gasteiger partial charge on any atom is -0.353 e. The minimum atomic E-state index is 0.180. The van der Waals surface area contributed by atoms with Crippen LogP contribution in [-0.4, -0.2) is 64.9 Å². The van der Waals surface area contributed by atoms with E-state index in [2.05, 4.69) is 55.0 Å². The molecule has 148 valence electrons. The van der Waals surface area contributed by atoms with Gasteiger partial charge in [-0.2, -0.15) is 0 Å². The lowest BCUT2D eigenvalue weighted by molar-refractivity contribution is -0.137. The van der Waals surface area contributed by atoms with Crippen LogP contribution in [0.15, 0.2) is 42.6 Å². The first kappa shape index (κ1) is 18.9. The zero-order chi connectivity index (χ0) is 19.3. The molecule has 2 saturated heterocycles. The average molecular weight is 380 g/mol. The molecule has 0 N–H and O–H groups in total. The Balaban J connectivity index is 1.25. The third kappa shape index (κ3) is 4.50. The third-order valence-corrected chi connectivity index (χ3v) is 5.86. The molecule has 2 aromatic rings. The third-order valence-electron chi connectivity index (χ3n) is 5.86. The van der Waals surface area contributed by atoms with Crippen molar-refractivity contribution in [1.29, 1.82) is 0 Å². The lowest BCUT2D eigenvalue weighted by atomic mass is 9.94. The number of nitrogens with zero attached hydrogens (tertiary/aromatic N) is 5. The minimum absolute atomic E-state index is 0.180. The van der Waals surface area contributed by atoms with Gasteiger partial charge in [-0.05, 0) is 44.5 Å². The molecule has 6 nitrogen and oxygen atoms in total. The summed E-state index contributed by atoms with van der Waals surface area (Å²) in [6.07, 6.45) is 3.74. The number of amides is 1. The zero-order valence-corrected chi connectivity index (χ0v) is 16.6. The second-order valence-electron chi connectivity index (χ2n) is 7.81. The van der Waals surface area contributed by atoms with Crippen molar-refractivity contribution in [2.45, 2.75) is 26.3 Å². The number of piperidine rings is 1. The summed E-state index contributed by atoms with van der Waals surface area (Å²) in [7, 11) is 0. The van der Waals surface area contributed by atoms with Gasteiger partial charge in [0.15, 0.2) is 0 Å². The number of likely N-dealkylation sites (tertiary alicyclic amines) is 1. The number of benzene rings is 1. The molecule has 0 unspecified atom stereocenters. The maximum atomic E-state index is 13.0. The Morgan fingerprint density at radius 2 is 1.71 bits per heavy atom. The van der Waals surface area contributed by atoms with E-state index in [0.29, 0.717) is 5.91 Å². The first-order chi connectivity index (χ1) is 13.7. The van der Waals surface area contributed by atoms with Crippen LogP contribution >= 0.6 is 0 Å². The Morgan fingerprint density at radius 1 is 1.00 bits per heavy atom. The SMILES string of the molecule is Cc1nccc(N2CCN(C(=O)C3CCN(Cc4ccccc4)CC3)CC2)n1. The fraction of sp³-hybridized carbons (Fsp3) is 0.500. The second kappa shape index (κ2) is 8.69. The Bertz CT molecular complexity index is 781. The molecule has 0 spiro atoms.